The van der Waals surface area contributed by atoms with Crippen LogP contribution in [0.5, 0.6) is 0 Å². The van der Waals surface area contributed by atoms with Crippen LogP contribution < -0.4 is 5.32 Å². The van der Waals surface area contributed by atoms with Crippen molar-refractivity contribution in [1.29, 1.82) is 0 Å². The second-order valence-electron chi connectivity index (χ2n) is 7.10. The first-order valence-electron chi connectivity index (χ1n) is 9.96. The number of pyridine rings is 2. The van der Waals surface area contributed by atoms with Crippen LogP contribution in [0.3, 0.4) is 0 Å². The van der Waals surface area contributed by atoms with Gasteiger partial charge in [-0.2, -0.15) is 0 Å². The Morgan fingerprint density at radius 1 is 0.935 bits per heavy atom. The normalized spacial score (nSPS) is 11.0. The molecule has 4 heterocycles. The van der Waals surface area contributed by atoms with Gasteiger partial charge in [0.1, 0.15) is 11.5 Å². The Balaban J connectivity index is 1.42. The zero-order valence-corrected chi connectivity index (χ0v) is 17.3. The fourth-order valence-electron chi connectivity index (χ4n) is 3.49. The van der Waals surface area contributed by atoms with E-state index in [9.17, 15) is 0 Å². The zero-order valence-electron chi connectivity index (χ0n) is 16.6. The van der Waals surface area contributed by atoms with E-state index in [1.54, 1.807) is 18.6 Å². The lowest BCUT2D eigenvalue weighted by atomic mass is 10.1. The molecule has 5 aromatic rings. The van der Waals surface area contributed by atoms with Crippen molar-refractivity contribution < 1.29 is 0 Å². The van der Waals surface area contributed by atoms with Crippen LogP contribution in [0.25, 0.3) is 33.7 Å². The van der Waals surface area contributed by atoms with Crippen molar-refractivity contribution in [3.63, 3.8) is 0 Å². The smallest absolute Gasteiger partial charge is 0.180 e. The highest BCUT2D eigenvalue weighted by Crippen LogP contribution is 2.24. The van der Waals surface area contributed by atoms with Crippen molar-refractivity contribution in [2.24, 2.45) is 0 Å². The monoisotopic (exact) mass is 426 g/mol. The highest BCUT2D eigenvalue weighted by Gasteiger charge is 2.10. The number of hydrogen-bond donors (Lipinski definition) is 2. The number of fused-ring (bicyclic) bond motifs is 1. The minimum absolute atomic E-state index is 0.573. The summed E-state index contributed by atoms with van der Waals surface area (Å²) in [7, 11) is 0. The molecule has 0 radical (unpaired) electrons. The van der Waals surface area contributed by atoms with Crippen LogP contribution >= 0.6 is 11.6 Å². The maximum Gasteiger partial charge on any atom is 0.180 e. The van der Waals surface area contributed by atoms with E-state index < -0.39 is 0 Å². The molecule has 0 fully saturated rings. The molecule has 7 heteroatoms. The highest BCUT2D eigenvalue weighted by molar-refractivity contribution is 6.31. The van der Waals surface area contributed by atoms with Gasteiger partial charge in [0.15, 0.2) is 5.82 Å². The van der Waals surface area contributed by atoms with Gasteiger partial charge in [0, 0.05) is 58.9 Å². The summed E-state index contributed by atoms with van der Waals surface area (Å²) < 4.78 is 0. The van der Waals surface area contributed by atoms with Crippen molar-refractivity contribution in [3.05, 3.63) is 90.0 Å². The molecule has 0 amide bonds. The third-order valence-electron chi connectivity index (χ3n) is 5.01. The summed E-state index contributed by atoms with van der Waals surface area (Å²) in [4.78, 5) is 21.3. The van der Waals surface area contributed by atoms with E-state index >= 15 is 0 Å². The second-order valence-corrected chi connectivity index (χ2v) is 7.54. The van der Waals surface area contributed by atoms with Crippen molar-refractivity contribution in [1.82, 2.24) is 24.9 Å². The van der Waals surface area contributed by atoms with Gasteiger partial charge in [0.2, 0.25) is 0 Å². The van der Waals surface area contributed by atoms with Crippen LogP contribution in [0.2, 0.25) is 5.02 Å². The third-order valence-corrected chi connectivity index (χ3v) is 5.24. The molecule has 31 heavy (non-hydrogen) atoms. The van der Waals surface area contributed by atoms with Gasteiger partial charge in [-0.25, -0.2) is 9.97 Å². The van der Waals surface area contributed by atoms with E-state index in [1.807, 2.05) is 60.8 Å². The summed E-state index contributed by atoms with van der Waals surface area (Å²) in [6, 6.07) is 17.4. The van der Waals surface area contributed by atoms with Crippen molar-refractivity contribution in [2.75, 3.05) is 11.9 Å². The quantitative estimate of drug-likeness (QED) is 0.380. The SMILES string of the molecule is Clc1ccc2[nH]cc(CCNc3cc(-c4cccnc4)nc(-c4ccccn4)n3)c2c1. The summed E-state index contributed by atoms with van der Waals surface area (Å²) in [6.45, 7) is 0.713. The van der Waals surface area contributed by atoms with Crippen LogP contribution in [0, 0.1) is 0 Å². The number of anilines is 1. The molecule has 0 atom stereocenters. The lowest BCUT2D eigenvalue weighted by molar-refractivity contribution is 1.01. The van der Waals surface area contributed by atoms with E-state index in [1.165, 1.54) is 5.56 Å². The Hall–Kier alpha value is -3.77. The molecule has 5 rings (SSSR count). The Morgan fingerprint density at radius 3 is 2.74 bits per heavy atom. The van der Waals surface area contributed by atoms with Crippen LogP contribution in [0.1, 0.15) is 5.56 Å². The summed E-state index contributed by atoms with van der Waals surface area (Å²) in [5, 5.41) is 5.31. The standard InChI is InChI=1S/C24H19ClN6/c25-18-6-7-20-19(12-18)16(15-29-20)8-11-28-23-13-22(17-4-3-9-26-14-17)30-24(31-23)21-5-1-2-10-27-21/h1-7,9-10,12-15,29H,8,11H2,(H,28,30,31). The first-order chi connectivity index (χ1) is 15.3. The van der Waals surface area contributed by atoms with Crippen LogP contribution in [0.4, 0.5) is 5.82 Å². The molecule has 0 saturated heterocycles. The van der Waals surface area contributed by atoms with Gasteiger partial charge in [0.25, 0.3) is 0 Å². The summed E-state index contributed by atoms with van der Waals surface area (Å²) >= 11 is 6.17. The fraction of sp³-hybridized carbons (Fsp3) is 0.0833. The van der Waals surface area contributed by atoms with Gasteiger partial charge >= 0.3 is 0 Å². The van der Waals surface area contributed by atoms with E-state index in [-0.39, 0.29) is 0 Å². The van der Waals surface area contributed by atoms with Crippen LogP contribution in [-0.2, 0) is 6.42 Å². The Morgan fingerprint density at radius 2 is 1.90 bits per heavy atom. The number of rotatable bonds is 6. The van der Waals surface area contributed by atoms with Gasteiger partial charge in [-0.3, -0.25) is 9.97 Å². The van der Waals surface area contributed by atoms with Gasteiger partial charge < -0.3 is 10.3 Å². The van der Waals surface area contributed by atoms with Crippen molar-refractivity contribution in [2.45, 2.75) is 6.42 Å². The van der Waals surface area contributed by atoms with Gasteiger partial charge in [0.05, 0.1) is 5.69 Å². The molecular formula is C24H19ClN6. The predicted molar refractivity (Wildman–Crippen MR) is 124 cm³/mol. The van der Waals surface area contributed by atoms with Gasteiger partial charge in [-0.05, 0) is 54.4 Å². The number of benzene rings is 1. The van der Waals surface area contributed by atoms with Crippen molar-refractivity contribution >= 4 is 28.3 Å². The maximum atomic E-state index is 6.17. The molecule has 1 aromatic carbocycles. The molecule has 4 aromatic heterocycles. The summed E-state index contributed by atoms with van der Waals surface area (Å²) in [5.74, 6) is 1.32. The topological polar surface area (TPSA) is 79.4 Å². The second kappa shape index (κ2) is 8.53. The average Bonchev–Trinajstić information content (AvgIpc) is 3.22. The molecule has 0 unspecified atom stereocenters. The minimum Gasteiger partial charge on any atom is -0.370 e. The van der Waals surface area contributed by atoms with E-state index in [0.29, 0.717) is 12.4 Å². The number of nitrogens with zero attached hydrogens (tertiary/aromatic N) is 4. The molecule has 6 nitrogen and oxygen atoms in total. The van der Waals surface area contributed by atoms with E-state index in [2.05, 4.69) is 20.3 Å². The molecule has 0 spiro atoms. The lowest BCUT2D eigenvalue weighted by Gasteiger charge is -2.10. The molecule has 152 valence electrons. The van der Waals surface area contributed by atoms with Crippen molar-refractivity contribution in [3.8, 4) is 22.8 Å². The zero-order chi connectivity index (χ0) is 21.0. The van der Waals surface area contributed by atoms with Crippen LogP contribution in [-0.4, -0.2) is 31.5 Å². The molecule has 0 aliphatic heterocycles. The van der Waals surface area contributed by atoms with Crippen LogP contribution in [0.15, 0.2) is 79.4 Å². The Labute approximate surface area is 184 Å². The number of H-pyrrole nitrogens is 1. The maximum absolute atomic E-state index is 6.17. The molecule has 0 bridgehead atoms. The minimum atomic E-state index is 0.573. The average molecular weight is 427 g/mol. The number of hydrogen-bond acceptors (Lipinski definition) is 5. The fourth-order valence-corrected chi connectivity index (χ4v) is 3.66. The number of aromatic amines is 1. The molecule has 0 aliphatic rings. The van der Waals surface area contributed by atoms with E-state index in [4.69, 9.17) is 21.6 Å². The lowest BCUT2D eigenvalue weighted by Crippen LogP contribution is -2.08. The molecular weight excluding hydrogens is 408 g/mol. The first-order valence-corrected chi connectivity index (χ1v) is 10.3. The molecule has 0 aliphatic carbocycles. The van der Waals surface area contributed by atoms with Gasteiger partial charge in [-0.1, -0.05) is 17.7 Å². The number of halogens is 1. The number of nitrogens with one attached hydrogen (secondary N) is 2. The summed E-state index contributed by atoms with van der Waals surface area (Å²) in [6.07, 6.45) is 8.14. The molecule has 0 saturated carbocycles. The van der Waals surface area contributed by atoms with E-state index in [0.717, 1.165) is 45.1 Å². The highest BCUT2D eigenvalue weighted by atomic mass is 35.5. The number of aromatic nitrogens is 5. The van der Waals surface area contributed by atoms with Gasteiger partial charge in [-0.15, -0.1) is 0 Å². The summed E-state index contributed by atoms with van der Waals surface area (Å²) in [5.41, 5.74) is 4.73. The predicted octanol–water partition coefficient (Wildman–Crippen LogP) is 5.39. The first kappa shape index (κ1) is 19.2. The Kier molecular flexibility index (Phi) is 5.29. The Bertz CT molecular complexity index is 1260. The molecule has 2 N–H and O–H groups in total. The largest absolute Gasteiger partial charge is 0.370 e. The third kappa shape index (κ3) is 4.25.